The number of allylic oxidation sites excluding steroid dienone is 4. The van der Waals surface area contributed by atoms with Crippen molar-refractivity contribution in [2.75, 3.05) is 12.4 Å². The molecule has 31 heavy (non-hydrogen) atoms. The number of nitro groups is 1. The van der Waals surface area contributed by atoms with Gasteiger partial charge in [0.15, 0.2) is 0 Å². The van der Waals surface area contributed by atoms with Gasteiger partial charge in [-0.05, 0) is 36.1 Å². The number of rotatable bonds is 11. The summed E-state index contributed by atoms with van der Waals surface area (Å²) in [6.45, 7) is 9.33. The van der Waals surface area contributed by atoms with Gasteiger partial charge in [-0.2, -0.15) is 0 Å². The number of benzene rings is 1. The first-order valence-electron chi connectivity index (χ1n) is 9.03. The molecule has 1 aromatic carbocycles. The summed E-state index contributed by atoms with van der Waals surface area (Å²) in [7, 11) is 0. The fraction of sp³-hybridized carbons (Fsp3) is 0.136. The number of hydrogen-bond acceptors (Lipinski definition) is 8. The summed E-state index contributed by atoms with van der Waals surface area (Å²) < 4.78 is 8.62. The lowest BCUT2D eigenvalue weighted by atomic mass is 10.2. The van der Waals surface area contributed by atoms with Crippen molar-refractivity contribution in [1.29, 1.82) is 0 Å². The predicted octanol–water partition coefficient (Wildman–Crippen LogP) is 7.34. The summed E-state index contributed by atoms with van der Waals surface area (Å²) in [4.78, 5) is 21.7. The zero-order chi connectivity index (χ0) is 22.6. The number of carbonyl (C=O) groups excluding carboxylic acids is 1. The predicted molar refractivity (Wildman–Crippen MR) is 138 cm³/mol. The highest BCUT2D eigenvalue weighted by Gasteiger charge is 2.21. The van der Waals surface area contributed by atoms with Crippen molar-refractivity contribution in [1.82, 2.24) is 0 Å². The molecule has 0 aliphatic carbocycles. The number of thioether (sulfide) groups is 4. The van der Waals surface area contributed by atoms with E-state index >= 15 is 0 Å². The topological polar surface area (TPSA) is 69.4 Å². The van der Waals surface area contributed by atoms with Gasteiger partial charge in [-0.3, -0.25) is 10.1 Å². The molecule has 1 aromatic rings. The van der Waals surface area contributed by atoms with Crippen molar-refractivity contribution in [2.24, 2.45) is 0 Å². The molecule has 0 spiro atoms. The van der Waals surface area contributed by atoms with Crippen LogP contribution in [0.25, 0.3) is 6.08 Å². The lowest BCUT2D eigenvalue weighted by Crippen LogP contribution is -2.07. The molecule has 0 N–H and O–H groups in total. The van der Waals surface area contributed by atoms with Gasteiger partial charge >= 0.3 is 5.97 Å². The van der Waals surface area contributed by atoms with Crippen LogP contribution in [0.5, 0.6) is 0 Å². The van der Waals surface area contributed by atoms with Gasteiger partial charge in [0.05, 0.1) is 17.6 Å². The second-order valence-electron chi connectivity index (χ2n) is 5.91. The Kier molecular flexibility index (Phi) is 10.9. The molecular weight excluding hydrogens is 471 g/mol. The summed E-state index contributed by atoms with van der Waals surface area (Å²) in [5.41, 5.74) is 1.37. The van der Waals surface area contributed by atoms with Crippen LogP contribution in [-0.4, -0.2) is 23.3 Å². The average molecular weight is 492 g/mol. The maximum absolute atomic E-state index is 11.4. The van der Waals surface area contributed by atoms with Gasteiger partial charge in [0, 0.05) is 23.5 Å². The molecule has 0 fully saturated rings. The normalized spacial score (nSPS) is 15.2. The number of non-ortho nitro benzene ring substituents is 1. The maximum Gasteiger partial charge on any atom is 0.333 e. The van der Waals surface area contributed by atoms with Crippen LogP contribution >= 0.6 is 47.0 Å². The first-order valence-corrected chi connectivity index (χ1v) is 12.5. The third-order valence-electron chi connectivity index (χ3n) is 3.49. The monoisotopic (exact) mass is 491 g/mol. The van der Waals surface area contributed by atoms with E-state index in [2.05, 4.69) is 13.2 Å². The quantitative estimate of drug-likeness (QED) is 0.0795. The minimum absolute atomic E-state index is 0.0797. The van der Waals surface area contributed by atoms with E-state index in [0.29, 0.717) is 17.9 Å². The van der Waals surface area contributed by atoms with Gasteiger partial charge in [0.25, 0.3) is 5.69 Å². The molecule has 0 saturated carbocycles. The molecule has 1 aliphatic heterocycles. The molecule has 162 valence electrons. The highest BCUT2D eigenvalue weighted by atomic mass is 32.3. The minimum Gasteiger partial charge on any atom is -0.461 e. The standard InChI is InChI=1S/C22H21NO4S4/c1-4-28-21-22(29-15-14-27-20(24)16(2)3)31-19(30-21)9-7-5-6-8-17-10-12-18(13-11-17)23(25)26/h4-13H,1-2,14-15H2,3H3/b7-5+,8-6+,19-9-. The summed E-state index contributed by atoms with van der Waals surface area (Å²) in [5.74, 6) is 0.306. The molecule has 5 nitrogen and oxygen atoms in total. The van der Waals surface area contributed by atoms with E-state index in [9.17, 15) is 14.9 Å². The number of esters is 1. The van der Waals surface area contributed by atoms with Crippen LogP contribution in [0.4, 0.5) is 5.69 Å². The van der Waals surface area contributed by atoms with Gasteiger partial charge in [0.1, 0.15) is 6.61 Å². The number of nitro benzene ring substituents is 1. The zero-order valence-electron chi connectivity index (χ0n) is 16.8. The number of ether oxygens (including phenoxy) is 1. The largest absolute Gasteiger partial charge is 0.461 e. The summed E-state index contributed by atoms with van der Waals surface area (Å²) >= 11 is 6.60. The highest BCUT2D eigenvalue weighted by Crippen LogP contribution is 2.57. The SMILES string of the molecule is C=CSC1=C(SCCOC(=O)C(=C)C)S\C(=C/C=C/C=C/c2ccc([N+](=O)[O-])cc2)S1. The summed E-state index contributed by atoms with van der Waals surface area (Å²) in [6, 6.07) is 6.40. The van der Waals surface area contributed by atoms with Crippen LogP contribution in [0.2, 0.25) is 0 Å². The molecule has 0 amide bonds. The van der Waals surface area contributed by atoms with Crippen LogP contribution in [0, 0.1) is 10.1 Å². The number of hydrogen-bond donors (Lipinski definition) is 0. The Morgan fingerprint density at radius 1 is 1.19 bits per heavy atom. The number of carbonyl (C=O) groups is 1. The molecule has 1 aliphatic rings. The molecule has 0 bridgehead atoms. The van der Waals surface area contributed by atoms with Gasteiger partial charge < -0.3 is 4.74 Å². The van der Waals surface area contributed by atoms with E-state index in [1.807, 2.05) is 30.4 Å². The van der Waals surface area contributed by atoms with E-state index in [1.54, 1.807) is 71.5 Å². The van der Waals surface area contributed by atoms with E-state index < -0.39 is 4.92 Å². The average Bonchev–Trinajstić information content (AvgIpc) is 3.12. The van der Waals surface area contributed by atoms with Crippen LogP contribution in [0.3, 0.4) is 0 Å². The Balaban J connectivity index is 1.86. The molecule has 0 saturated heterocycles. The van der Waals surface area contributed by atoms with Crippen molar-refractivity contribution in [3.8, 4) is 0 Å². The Hall–Kier alpha value is -2.07. The molecule has 0 aromatic heterocycles. The second-order valence-corrected chi connectivity index (χ2v) is 10.9. The van der Waals surface area contributed by atoms with Crippen LogP contribution in [0.15, 0.2) is 85.4 Å². The minimum atomic E-state index is -0.412. The molecule has 0 radical (unpaired) electrons. The van der Waals surface area contributed by atoms with Crippen LogP contribution in [0.1, 0.15) is 12.5 Å². The van der Waals surface area contributed by atoms with Crippen molar-refractivity contribution >= 4 is 64.8 Å². The zero-order valence-corrected chi connectivity index (χ0v) is 20.1. The van der Waals surface area contributed by atoms with Crippen molar-refractivity contribution in [3.63, 3.8) is 0 Å². The van der Waals surface area contributed by atoms with Crippen LogP contribution in [-0.2, 0) is 9.53 Å². The first-order chi connectivity index (χ1) is 14.9. The van der Waals surface area contributed by atoms with Gasteiger partial charge in [-0.25, -0.2) is 4.79 Å². The Morgan fingerprint density at radius 3 is 2.55 bits per heavy atom. The fourth-order valence-electron chi connectivity index (χ4n) is 2.06. The fourth-order valence-corrected chi connectivity index (χ4v) is 7.14. The Bertz CT molecular complexity index is 962. The van der Waals surface area contributed by atoms with Crippen molar-refractivity contribution in [3.05, 3.63) is 101 Å². The lowest BCUT2D eigenvalue weighted by molar-refractivity contribution is -0.384. The summed E-state index contributed by atoms with van der Waals surface area (Å²) in [6.07, 6.45) is 9.68. The van der Waals surface area contributed by atoms with Crippen LogP contribution < -0.4 is 0 Å². The van der Waals surface area contributed by atoms with E-state index in [1.165, 1.54) is 16.4 Å². The number of nitrogens with zero attached hydrogens (tertiary/aromatic N) is 1. The molecule has 1 heterocycles. The summed E-state index contributed by atoms with van der Waals surface area (Å²) in [5, 5.41) is 12.5. The first kappa shape index (κ1) is 25.2. The molecule has 0 unspecified atom stereocenters. The van der Waals surface area contributed by atoms with E-state index in [0.717, 1.165) is 14.0 Å². The Morgan fingerprint density at radius 2 is 1.90 bits per heavy atom. The molecule has 0 atom stereocenters. The van der Waals surface area contributed by atoms with Gasteiger partial charge in [-0.15, -0.1) is 11.8 Å². The van der Waals surface area contributed by atoms with Crippen molar-refractivity contribution in [2.45, 2.75) is 6.92 Å². The third kappa shape index (κ3) is 8.90. The van der Waals surface area contributed by atoms with E-state index in [-0.39, 0.29) is 11.7 Å². The van der Waals surface area contributed by atoms with Crippen molar-refractivity contribution < 1.29 is 14.5 Å². The molecule has 2 rings (SSSR count). The molecular formula is C22H21NO4S4. The maximum atomic E-state index is 11.4. The molecule has 9 heteroatoms. The second kappa shape index (κ2) is 13.4. The smallest absolute Gasteiger partial charge is 0.333 e. The van der Waals surface area contributed by atoms with Gasteiger partial charge in [-0.1, -0.05) is 72.7 Å². The van der Waals surface area contributed by atoms with Gasteiger partial charge in [0.2, 0.25) is 0 Å². The third-order valence-corrected chi connectivity index (χ3v) is 8.52. The highest BCUT2D eigenvalue weighted by molar-refractivity contribution is 8.41. The van der Waals surface area contributed by atoms with E-state index in [4.69, 9.17) is 4.74 Å². The lowest BCUT2D eigenvalue weighted by Gasteiger charge is -2.05. The Labute approximate surface area is 199 Å².